The topological polar surface area (TPSA) is 57.8 Å². The van der Waals surface area contributed by atoms with Crippen LogP contribution in [0.5, 0.6) is 0 Å². The van der Waals surface area contributed by atoms with E-state index in [1.165, 1.54) is 23.3 Å². The molecule has 0 spiro atoms. The summed E-state index contributed by atoms with van der Waals surface area (Å²) >= 11 is 1.67. The van der Waals surface area contributed by atoms with Gasteiger partial charge in [0, 0.05) is 32.2 Å². The van der Waals surface area contributed by atoms with Crippen molar-refractivity contribution in [3.05, 3.63) is 88.8 Å². The number of fused-ring (bicyclic) bond motifs is 4. The lowest BCUT2D eigenvalue weighted by molar-refractivity contribution is 0.293. The van der Waals surface area contributed by atoms with Crippen LogP contribution in [0.15, 0.2) is 64.8 Å². The van der Waals surface area contributed by atoms with Crippen LogP contribution < -0.4 is 5.32 Å². The minimum Gasteiger partial charge on any atom is -0.354 e. The highest BCUT2D eigenvalue weighted by Crippen LogP contribution is 2.41. The molecule has 1 N–H and O–H groups in total. The Kier molecular flexibility index (Phi) is 4.84. The first-order valence-electron chi connectivity index (χ1n) is 10.8. The van der Waals surface area contributed by atoms with Crippen LogP contribution in [-0.4, -0.2) is 43.8 Å². The first-order chi connectivity index (χ1) is 15.7. The number of benzene rings is 2. The van der Waals surface area contributed by atoms with Gasteiger partial charge in [-0.1, -0.05) is 36.0 Å². The van der Waals surface area contributed by atoms with Crippen LogP contribution in [0, 0.1) is 5.82 Å². The van der Waals surface area contributed by atoms with E-state index in [0.29, 0.717) is 6.54 Å². The number of nitrogens with zero attached hydrogens (tertiary/aromatic N) is 5. The molecule has 2 aromatic carbocycles. The third-order valence-corrected chi connectivity index (χ3v) is 7.43. The maximum atomic E-state index is 13.3. The third-order valence-electron chi connectivity index (χ3n) is 6.23. The standard InChI is InChI=1S/C24H23FN6S/c1-30-14-27-19-21(30)20-24(32-23(28-20)15-6-8-18(25)9-7-15)29-22(19)26-10-11-31-12-16-4-2-3-5-17(16)13-31/h2-9,14,20,24H,10-13H2,1H3,(H,26,29). The zero-order valence-electron chi connectivity index (χ0n) is 17.7. The Morgan fingerprint density at radius 2 is 1.88 bits per heavy atom. The summed E-state index contributed by atoms with van der Waals surface area (Å²) in [5.74, 6) is 0.596. The van der Waals surface area contributed by atoms with Gasteiger partial charge in [-0.25, -0.2) is 9.37 Å². The predicted molar refractivity (Wildman–Crippen MR) is 125 cm³/mol. The molecular weight excluding hydrogens is 423 g/mol. The molecule has 0 saturated carbocycles. The van der Waals surface area contributed by atoms with Gasteiger partial charge in [0.1, 0.15) is 33.8 Å². The number of hydrogen-bond acceptors (Lipinski definition) is 5. The van der Waals surface area contributed by atoms with Gasteiger partial charge in [-0.2, -0.15) is 0 Å². The van der Waals surface area contributed by atoms with E-state index in [-0.39, 0.29) is 17.2 Å². The van der Waals surface area contributed by atoms with Gasteiger partial charge in [-0.05, 0) is 35.4 Å². The number of imidazole rings is 1. The highest BCUT2D eigenvalue weighted by molar-refractivity contribution is 8.15. The normalized spacial score (nSPS) is 22.9. The number of aliphatic imine (C=N–C) groups is 2. The van der Waals surface area contributed by atoms with Gasteiger partial charge >= 0.3 is 0 Å². The fourth-order valence-electron chi connectivity index (χ4n) is 4.62. The molecule has 4 heterocycles. The maximum absolute atomic E-state index is 13.3. The molecule has 162 valence electrons. The Bertz CT molecular complexity index is 1210. The summed E-state index contributed by atoms with van der Waals surface area (Å²) in [5.41, 5.74) is 5.72. The van der Waals surface area contributed by atoms with E-state index in [4.69, 9.17) is 9.98 Å². The Hall–Kier alpha value is -2.97. The first-order valence-corrected chi connectivity index (χ1v) is 11.7. The van der Waals surface area contributed by atoms with Crippen molar-refractivity contribution < 1.29 is 4.39 Å². The number of amidine groups is 1. The largest absolute Gasteiger partial charge is 0.354 e. The van der Waals surface area contributed by atoms with Gasteiger partial charge in [-0.3, -0.25) is 14.9 Å². The minimum absolute atomic E-state index is 0.0467. The average Bonchev–Trinajstić information content (AvgIpc) is 3.50. The smallest absolute Gasteiger partial charge is 0.150 e. The van der Waals surface area contributed by atoms with E-state index in [2.05, 4.69) is 39.5 Å². The number of hydrogen-bond donors (Lipinski definition) is 1. The molecule has 0 fully saturated rings. The summed E-state index contributed by atoms with van der Waals surface area (Å²) in [4.78, 5) is 16.9. The number of aryl methyl sites for hydroxylation is 1. The fraction of sp³-hybridized carbons (Fsp3) is 0.292. The van der Waals surface area contributed by atoms with E-state index < -0.39 is 0 Å². The lowest BCUT2D eigenvalue weighted by Crippen LogP contribution is -2.42. The van der Waals surface area contributed by atoms with Crippen LogP contribution in [-0.2, 0) is 20.1 Å². The molecule has 3 aliphatic rings. The second-order valence-corrected chi connectivity index (χ2v) is 9.50. The van der Waals surface area contributed by atoms with Crippen LogP contribution in [0.2, 0.25) is 0 Å². The fourth-order valence-corrected chi connectivity index (χ4v) is 5.79. The molecule has 3 aliphatic heterocycles. The summed E-state index contributed by atoms with van der Waals surface area (Å²) in [5, 5.41) is 4.53. The highest BCUT2D eigenvalue weighted by Gasteiger charge is 2.41. The van der Waals surface area contributed by atoms with Crippen molar-refractivity contribution in [2.45, 2.75) is 24.5 Å². The second-order valence-electron chi connectivity index (χ2n) is 8.37. The van der Waals surface area contributed by atoms with Crippen molar-refractivity contribution in [3.8, 4) is 0 Å². The van der Waals surface area contributed by atoms with Crippen molar-refractivity contribution in [1.82, 2.24) is 19.8 Å². The monoisotopic (exact) mass is 446 g/mol. The summed E-state index contributed by atoms with van der Waals surface area (Å²) in [6.45, 7) is 3.58. The molecule has 6 nitrogen and oxygen atoms in total. The minimum atomic E-state index is -0.239. The molecule has 1 aromatic heterocycles. The lowest BCUT2D eigenvalue weighted by Gasteiger charge is -2.27. The molecule has 3 aromatic rings. The number of halogens is 1. The number of rotatable bonds is 4. The summed E-state index contributed by atoms with van der Waals surface area (Å²) < 4.78 is 15.4. The Labute approximate surface area is 190 Å². The van der Waals surface area contributed by atoms with Crippen molar-refractivity contribution in [3.63, 3.8) is 0 Å². The average molecular weight is 447 g/mol. The predicted octanol–water partition coefficient (Wildman–Crippen LogP) is 3.49. The van der Waals surface area contributed by atoms with E-state index in [0.717, 1.165) is 47.5 Å². The molecule has 0 saturated heterocycles. The van der Waals surface area contributed by atoms with Crippen molar-refractivity contribution in [1.29, 1.82) is 0 Å². The van der Waals surface area contributed by atoms with Crippen LogP contribution in [0.1, 0.15) is 34.1 Å². The molecule has 2 unspecified atom stereocenters. The molecule has 2 atom stereocenters. The van der Waals surface area contributed by atoms with E-state index in [1.807, 2.05) is 17.9 Å². The highest BCUT2D eigenvalue weighted by atomic mass is 32.2. The van der Waals surface area contributed by atoms with Crippen LogP contribution in [0.4, 0.5) is 4.39 Å². The molecule has 32 heavy (non-hydrogen) atoms. The zero-order valence-corrected chi connectivity index (χ0v) is 18.5. The van der Waals surface area contributed by atoms with E-state index >= 15 is 0 Å². The Morgan fingerprint density at radius 1 is 1.12 bits per heavy atom. The van der Waals surface area contributed by atoms with Crippen molar-refractivity contribution >= 4 is 22.6 Å². The molecule has 8 heteroatoms. The molecule has 0 amide bonds. The zero-order chi connectivity index (χ0) is 21.7. The summed E-state index contributed by atoms with van der Waals surface area (Å²) in [7, 11) is 2.00. The van der Waals surface area contributed by atoms with Crippen LogP contribution >= 0.6 is 11.8 Å². The molecule has 0 radical (unpaired) electrons. The van der Waals surface area contributed by atoms with Gasteiger partial charge < -0.3 is 9.88 Å². The van der Waals surface area contributed by atoms with Gasteiger partial charge in [0.05, 0.1) is 18.6 Å². The first kappa shape index (κ1) is 19.7. The molecule has 0 bridgehead atoms. The van der Waals surface area contributed by atoms with E-state index in [9.17, 15) is 4.39 Å². The molecular formula is C24H23FN6S. The number of nitrogens with one attached hydrogen (secondary N) is 1. The van der Waals surface area contributed by atoms with Gasteiger partial charge in [0.25, 0.3) is 0 Å². The van der Waals surface area contributed by atoms with Crippen molar-refractivity contribution in [2.75, 3.05) is 13.1 Å². The molecule has 0 aliphatic carbocycles. The van der Waals surface area contributed by atoms with Crippen molar-refractivity contribution in [2.24, 2.45) is 17.0 Å². The maximum Gasteiger partial charge on any atom is 0.150 e. The SMILES string of the molecule is Cn1cnc2c1C1N=C(c3ccc(F)cc3)SC1NC2=NCCN1Cc2ccccc2C1. The van der Waals surface area contributed by atoms with E-state index in [1.54, 1.807) is 23.9 Å². The summed E-state index contributed by atoms with van der Waals surface area (Å²) in [6.07, 6.45) is 1.83. The number of thioether (sulfide) groups is 1. The Morgan fingerprint density at radius 3 is 2.62 bits per heavy atom. The van der Waals surface area contributed by atoms with Gasteiger partial charge in [-0.15, -0.1) is 0 Å². The Balaban J connectivity index is 1.20. The summed E-state index contributed by atoms with van der Waals surface area (Å²) in [6, 6.07) is 15.1. The lowest BCUT2D eigenvalue weighted by atomic mass is 10.1. The second kappa shape index (κ2) is 7.86. The van der Waals surface area contributed by atoms with Crippen LogP contribution in [0.3, 0.4) is 0 Å². The quantitative estimate of drug-likeness (QED) is 0.667. The van der Waals surface area contributed by atoms with Gasteiger partial charge in [0.2, 0.25) is 0 Å². The van der Waals surface area contributed by atoms with Gasteiger partial charge in [0.15, 0.2) is 0 Å². The number of aromatic nitrogens is 2. The van der Waals surface area contributed by atoms with Crippen LogP contribution in [0.25, 0.3) is 0 Å². The third kappa shape index (κ3) is 3.43. The molecule has 6 rings (SSSR count).